The third-order valence-corrected chi connectivity index (χ3v) is 8.36. The van der Waals surface area contributed by atoms with Gasteiger partial charge in [-0.05, 0) is 70.0 Å². The van der Waals surface area contributed by atoms with Crippen LogP contribution in [0.25, 0.3) is 17.1 Å². The largest absolute Gasteiger partial charge is 0.395 e. The van der Waals surface area contributed by atoms with E-state index in [4.69, 9.17) is 0 Å². The highest BCUT2D eigenvalue weighted by Crippen LogP contribution is 2.43. The van der Waals surface area contributed by atoms with E-state index in [2.05, 4.69) is 51.7 Å². The minimum atomic E-state index is -0.278. The number of fused-ring (bicyclic) bond motifs is 5. The number of carbonyl (C=O) groups is 1. The zero-order valence-corrected chi connectivity index (χ0v) is 23.2. The van der Waals surface area contributed by atoms with Gasteiger partial charge in [0.25, 0.3) is 0 Å². The van der Waals surface area contributed by atoms with Crippen LogP contribution in [0.3, 0.4) is 0 Å². The molecular weight excluding hydrogens is 594 g/mol. The minimum Gasteiger partial charge on any atom is -0.395 e. The molecule has 0 atom stereocenters. The van der Waals surface area contributed by atoms with Crippen LogP contribution in [-0.2, 0) is 4.79 Å². The molecule has 10 nitrogen and oxygen atoms in total. The second kappa shape index (κ2) is 10.2. The number of carbonyl (C=O) groups excluding carboxylic acids is 1. The van der Waals surface area contributed by atoms with E-state index in [0.717, 1.165) is 35.1 Å². The summed E-state index contributed by atoms with van der Waals surface area (Å²) in [5.74, 6) is 0.743. The molecule has 36 heavy (non-hydrogen) atoms. The molecular formula is C24H27Br2N7O3. The molecule has 2 aromatic heterocycles. The molecule has 1 N–H and O–H groups in total. The van der Waals surface area contributed by atoms with Gasteiger partial charge in [0.05, 0.1) is 36.1 Å². The van der Waals surface area contributed by atoms with Crippen LogP contribution in [0, 0.1) is 0 Å². The molecule has 1 saturated heterocycles. The van der Waals surface area contributed by atoms with Gasteiger partial charge in [0.1, 0.15) is 0 Å². The molecule has 1 fully saturated rings. The van der Waals surface area contributed by atoms with Gasteiger partial charge >= 0.3 is 5.69 Å². The number of piperazine rings is 1. The lowest BCUT2D eigenvalue weighted by Gasteiger charge is -2.35. The number of β-amino-alcohol motifs (C(OH)–C–C–N with tert-alkyl or cyclic N) is 1. The van der Waals surface area contributed by atoms with Gasteiger partial charge in [-0.25, -0.2) is 19.0 Å². The van der Waals surface area contributed by atoms with Crippen molar-refractivity contribution in [2.75, 3.05) is 50.8 Å². The quantitative estimate of drug-likeness (QED) is 0.468. The van der Waals surface area contributed by atoms with Crippen molar-refractivity contribution in [1.29, 1.82) is 0 Å². The molecule has 2 aliphatic heterocycles. The molecule has 0 aliphatic carbocycles. The average molecular weight is 621 g/mol. The average Bonchev–Trinajstić information content (AvgIpc) is 3.14. The fourth-order valence-corrected chi connectivity index (χ4v) is 5.35. The van der Waals surface area contributed by atoms with Crippen molar-refractivity contribution < 1.29 is 9.90 Å². The van der Waals surface area contributed by atoms with Gasteiger partial charge < -0.3 is 5.11 Å². The number of rotatable bonds is 5. The predicted octanol–water partition coefficient (Wildman–Crippen LogP) is 2.79. The number of aromatic nitrogens is 4. The molecule has 3 aromatic rings. The third-order valence-electron chi connectivity index (χ3n) is 6.52. The molecule has 0 unspecified atom stereocenters. The van der Waals surface area contributed by atoms with Gasteiger partial charge in [0.15, 0.2) is 11.6 Å². The number of hydrogen-bond donors (Lipinski definition) is 1. The Morgan fingerprint density at radius 1 is 1.08 bits per heavy atom. The molecule has 4 heterocycles. The Hall–Kier alpha value is -2.38. The monoisotopic (exact) mass is 619 g/mol. The summed E-state index contributed by atoms with van der Waals surface area (Å²) in [5.41, 5.74) is 1.44. The maximum Gasteiger partial charge on any atom is 0.351 e. The van der Waals surface area contributed by atoms with E-state index >= 15 is 0 Å². The van der Waals surface area contributed by atoms with E-state index in [0.29, 0.717) is 35.1 Å². The van der Waals surface area contributed by atoms with Crippen LogP contribution in [0.4, 0.5) is 11.5 Å². The SMILES string of the molecule is CC(C)n1nc2n(c1=O)-c1cc(Br)c(Br)cc1N(C(=O)CN1CCN(CCO)CC1)c1ncccc1-2. The lowest BCUT2D eigenvalue weighted by atomic mass is 10.2. The first kappa shape index (κ1) is 25.3. The fourth-order valence-electron chi connectivity index (χ4n) is 4.69. The Labute approximate surface area is 225 Å². The summed E-state index contributed by atoms with van der Waals surface area (Å²) in [4.78, 5) is 38.0. The van der Waals surface area contributed by atoms with Gasteiger partial charge in [-0.2, -0.15) is 0 Å². The first-order chi connectivity index (χ1) is 17.3. The second-order valence-electron chi connectivity index (χ2n) is 9.18. The molecule has 190 valence electrons. The van der Waals surface area contributed by atoms with Crippen LogP contribution >= 0.6 is 31.9 Å². The standard InChI is InChI=1S/C24H27Br2N7O3/c1-15(2)33-24(36)32-20-13-18(26)17(25)12-19(20)31(22-16(23(32)28-33)4-3-5-27-22)21(35)14-30-8-6-29(7-9-30)10-11-34/h3-5,12-13,15,34H,6-11,14H2,1-2H3. The van der Waals surface area contributed by atoms with Crippen LogP contribution in [0.15, 0.2) is 44.2 Å². The highest BCUT2D eigenvalue weighted by molar-refractivity contribution is 9.13. The summed E-state index contributed by atoms with van der Waals surface area (Å²) >= 11 is 7.14. The predicted molar refractivity (Wildman–Crippen MR) is 144 cm³/mol. The van der Waals surface area contributed by atoms with Gasteiger partial charge in [-0.1, -0.05) is 0 Å². The Bertz CT molecular complexity index is 1360. The Morgan fingerprint density at radius 3 is 2.42 bits per heavy atom. The van der Waals surface area contributed by atoms with Crippen molar-refractivity contribution in [3.8, 4) is 17.1 Å². The van der Waals surface area contributed by atoms with E-state index in [1.165, 1.54) is 4.68 Å². The van der Waals surface area contributed by atoms with Crippen molar-refractivity contribution in [3.63, 3.8) is 0 Å². The molecule has 0 bridgehead atoms. The lowest BCUT2D eigenvalue weighted by molar-refractivity contribution is -0.119. The van der Waals surface area contributed by atoms with Gasteiger partial charge in [0, 0.05) is 47.9 Å². The zero-order valence-electron chi connectivity index (χ0n) is 20.1. The first-order valence-corrected chi connectivity index (χ1v) is 13.4. The van der Waals surface area contributed by atoms with Crippen molar-refractivity contribution in [2.24, 2.45) is 0 Å². The summed E-state index contributed by atoms with van der Waals surface area (Å²) in [7, 11) is 0. The molecule has 12 heteroatoms. The van der Waals surface area contributed by atoms with E-state index < -0.39 is 0 Å². The highest BCUT2D eigenvalue weighted by atomic mass is 79.9. The third kappa shape index (κ3) is 4.45. The normalized spacial score (nSPS) is 16.0. The van der Waals surface area contributed by atoms with Gasteiger partial charge in [-0.3, -0.25) is 19.5 Å². The highest BCUT2D eigenvalue weighted by Gasteiger charge is 2.34. The number of aliphatic hydroxyl groups is 1. The Balaban J connectivity index is 1.63. The second-order valence-corrected chi connectivity index (χ2v) is 10.9. The summed E-state index contributed by atoms with van der Waals surface area (Å²) in [6.07, 6.45) is 1.65. The molecule has 0 radical (unpaired) electrons. The van der Waals surface area contributed by atoms with Crippen molar-refractivity contribution in [3.05, 3.63) is 49.9 Å². The lowest BCUT2D eigenvalue weighted by Crippen LogP contribution is -2.50. The number of anilines is 2. The van der Waals surface area contributed by atoms with Crippen LogP contribution in [0.1, 0.15) is 19.9 Å². The Kier molecular flexibility index (Phi) is 7.14. The fraction of sp³-hybridized carbons (Fsp3) is 0.417. The van der Waals surface area contributed by atoms with Crippen LogP contribution in [0.5, 0.6) is 0 Å². The number of benzene rings is 1. The summed E-state index contributed by atoms with van der Waals surface area (Å²) < 4.78 is 4.52. The van der Waals surface area contributed by atoms with Crippen molar-refractivity contribution in [1.82, 2.24) is 29.1 Å². The van der Waals surface area contributed by atoms with Crippen LogP contribution in [-0.4, -0.2) is 86.0 Å². The molecule has 1 aromatic carbocycles. The van der Waals surface area contributed by atoms with E-state index in [1.54, 1.807) is 21.7 Å². The van der Waals surface area contributed by atoms with Crippen LogP contribution in [0.2, 0.25) is 0 Å². The first-order valence-electron chi connectivity index (χ1n) is 11.8. The molecule has 0 spiro atoms. The topological polar surface area (TPSA) is 99.7 Å². The maximum absolute atomic E-state index is 13.9. The summed E-state index contributed by atoms with van der Waals surface area (Å²) in [6, 6.07) is 7.16. The van der Waals surface area contributed by atoms with Gasteiger partial charge in [-0.15, -0.1) is 5.10 Å². The van der Waals surface area contributed by atoms with E-state index in [-0.39, 0.29) is 30.8 Å². The van der Waals surface area contributed by atoms with Crippen LogP contribution < -0.4 is 10.6 Å². The summed E-state index contributed by atoms with van der Waals surface area (Å²) in [6.45, 7) is 7.83. The number of pyridine rings is 1. The van der Waals surface area contributed by atoms with Crippen molar-refractivity contribution >= 4 is 49.3 Å². The van der Waals surface area contributed by atoms with Crippen molar-refractivity contribution in [2.45, 2.75) is 19.9 Å². The molecule has 0 saturated carbocycles. The maximum atomic E-state index is 13.9. The molecule has 5 rings (SSSR count). The smallest absolute Gasteiger partial charge is 0.351 e. The number of aliphatic hydroxyl groups excluding tert-OH is 1. The Morgan fingerprint density at radius 2 is 1.75 bits per heavy atom. The summed E-state index contributed by atoms with van der Waals surface area (Å²) in [5, 5.41) is 13.9. The minimum absolute atomic E-state index is 0.129. The number of amides is 1. The number of hydrogen-bond acceptors (Lipinski definition) is 7. The zero-order chi connectivity index (χ0) is 25.6. The van der Waals surface area contributed by atoms with E-state index in [1.807, 2.05) is 32.0 Å². The number of halogens is 2. The molecule has 2 aliphatic rings. The van der Waals surface area contributed by atoms with E-state index in [9.17, 15) is 14.7 Å². The number of nitrogens with zero attached hydrogens (tertiary/aromatic N) is 7. The molecule has 1 amide bonds. The van der Waals surface area contributed by atoms with Gasteiger partial charge in [0.2, 0.25) is 5.91 Å².